The normalized spacial score (nSPS) is 17.9. The van der Waals surface area contributed by atoms with Gasteiger partial charge in [0, 0.05) is 43.9 Å². The Morgan fingerprint density at radius 3 is 2.73 bits per heavy atom. The van der Waals surface area contributed by atoms with Gasteiger partial charge in [-0.25, -0.2) is 4.98 Å². The highest BCUT2D eigenvalue weighted by molar-refractivity contribution is 5.95. The third-order valence-electron chi connectivity index (χ3n) is 4.77. The van der Waals surface area contributed by atoms with Crippen LogP contribution < -0.4 is 5.73 Å². The van der Waals surface area contributed by atoms with Crippen molar-refractivity contribution in [1.29, 1.82) is 0 Å². The van der Waals surface area contributed by atoms with Crippen LogP contribution in [-0.4, -0.2) is 45.7 Å². The quantitative estimate of drug-likeness (QED) is 0.916. The molecule has 1 aromatic heterocycles. The van der Waals surface area contributed by atoms with Gasteiger partial charge in [0.05, 0.1) is 0 Å². The first kappa shape index (κ1) is 17.9. The zero-order valence-corrected chi connectivity index (χ0v) is 15.0. The number of carbonyl (C=O) groups is 2. The first-order valence-corrected chi connectivity index (χ1v) is 8.92. The van der Waals surface area contributed by atoms with E-state index in [-0.39, 0.29) is 17.9 Å². The second kappa shape index (κ2) is 7.99. The predicted octanol–water partition coefficient (Wildman–Crippen LogP) is 2.32. The molecule has 2 aromatic rings. The van der Waals surface area contributed by atoms with E-state index in [1.54, 1.807) is 17.0 Å². The number of hydrogen-bond acceptors (Lipinski definition) is 4. The van der Waals surface area contributed by atoms with Crippen LogP contribution in [0, 0.1) is 0 Å². The molecule has 1 aliphatic rings. The first-order valence-electron chi connectivity index (χ1n) is 8.92. The van der Waals surface area contributed by atoms with Gasteiger partial charge >= 0.3 is 0 Å². The van der Waals surface area contributed by atoms with Crippen molar-refractivity contribution in [2.45, 2.75) is 32.4 Å². The highest BCUT2D eigenvalue weighted by Gasteiger charge is 2.31. The lowest BCUT2D eigenvalue weighted by Crippen LogP contribution is -2.43. The lowest BCUT2D eigenvalue weighted by Gasteiger charge is -2.31. The SMILES string of the molecule is CC[C@@H]1CN(C(=O)c2ccnc(N)c2)CCC(=O)N1Cc1ccccc1. The zero-order chi connectivity index (χ0) is 18.5. The third kappa shape index (κ3) is 4.02. The molecule has 2 N–H and O–H groups in total. The summed E-state index contributed by atoms with van der Waals surface area (Å²) < 4.78 is 0. The van der Waals surface area contributed by atoms with Crippen molar-refractivity contribution < 1.29 is 9.59 Å². The number of nitrogens with two attached hydrogens (primary N) is 1. The topological polar surface area (TPSA) is 79.5 Å². The molecule has 6 heteroatoms. The summed E-state index contributed by atoms with van der Waals surface area (Å²) in [7, 11) is 0. The van der Waals surface area contributed by atoms with E-state index in [9.17, 15) is 9.59 Å². The number of benzene rings is 1. The minimum absolute atomic E-state index is 0.00617. The zero-order valence-electron chi connectivity index (χ0n) is 15.0. The summed E-state index contributed by atoms with van der Waals surface area (Å²) in [5, 5.41) is 0. The molecule has 1 aliphatic heterocycles. The van der Waals surface area contributed by atoms with Crippen LogP contribution in [0.15, 0.2) is 48.7 Å². The number of nitrogen functional groups attached to an aromatic ring is 1. The summed E-state index contributed by atoms with van der Waals surface area (Å²) in [6.45, 7) is 3.56. The molecule has 1 fully saturated rings. The highest BCUT2D eigenvalue weighted by Crippen LogP contribution is 2.19. The van der Waals surface area contributed by atoms with Crippen LogP contribution in [0.5, 0.6) is 0 Å². The molecule has 26 heavy (non-hydrogen) atoms. The van der Waals surface area contributed by atoms with E-state index in [4.69, 9.17) is 5.73 Å². The minimum atomic E-state index is -0.105. The Balaban J connectivity index is 1.78. The van der Waals surface area contributed by atoms with Crippen molar-refractivity contribution in [3.8, 4) is 0 Å². The van der Waals surface area contributed by atoms with Gasteiger partial charge in [0.15, 0.2) is 0 Å². The number of hydrogen-bond donors (Lipinski definition) is 1. The van der Waals surface area contributed by atoms with Crippen LogP contribution >= 0.6 is 0 Å². The van der Waals surface area contributed by atoms with Crippen LogP contribution in [0.2, 0.25) is 0 Å². The number of anilines is 1. The van der Waals surface area contributed by atoms with Crippen LogP contribution in [-0.2, 0) is 11.3 Å². The van der Waals surface area contributed by atoms with Crippen LogP contribution in [0.3, 0.4) is 0 Å². The second-order valence-corrected chi connectivity index (χ2v) is 6.54. The molecule has 0 spiro atoms. The van der Waals surface area contributed by atoms with Gasteiger partial charge in [0.25, 0.3) is 5.91 Å². The van der Waals surface area contributed by atoms with Crippen molar-refractivity contribution in [2.75, 3.05) is 18.8 Å². The summed E-state index contributed by atoms with van der Waals surface area (Å²) in [6.07, 6.45) is 2.65. The maximum Gasteiger partial charge on any atom is 0.254 e. The molecule has 0 radical (unpaired) electrons. The summed E-state index contributed by atoms with van der Waals surface area (Å²) in [5.74, 6) is 0.302. The molecular weight excluding hydrogens is 328 g/mol. The molecule has 6 nitrogen and oxygen atoms in total. The van der Waals surface area contributed by atoms with E-state index in [1.807, 2.05) is 42.2 Å². The maximum absolute atomic E-state index is 12.9. The Hall–Kier alpha value is -2.89. The van der Waals surface area contributed by atoms with Gasteiger partial charge in [-0.2, -0.15) is 0 Å². The Morgan fingerprint density at radius 1 is 1.27 bits per heavy atom. The summed E-state index contributed by atoms with van der Waals surface area (Å²) >= 11 is 0. The van der Waals surface area contributed by atoms with Gasteiger partial charge < -0.3 is 15.5 Å². The monoisotopic (exact) mass is 352 g/mol. The molecule has 3 rings (SSSR count). The summed E-state index contributed by atoms with van der Waals surface area (Å²) in [6, 6.07) is 13.2. The average molecular weight is 352 g/mol. The van der Waals surface area contributed by atoms with E-state index in [0.29, 0.717) is 37.4 Å². The van der Waals surface area contributed by atoms with E-state index >= 15 is 0 Å². The molecular formula is C20H24N4O2. The summed E-state index contributed by atoms with van der Waals surface area (Å²) in [4.78, 5) is 33.2. The fourth-order valence-electron chi connectivity index (χ4n) is 3.32. The number of carbonyl (C=O) groups excluding carboxylic acids is 2. The Bertz CT molecular complexity index is 778. The van der Waals surface area contributed by atoms with E-state index < -0.39 is 0 Å². The Kier molecular flexibility index (Phi) is 5.51. The second-order valence-electron chi connectivity index (χ2n) is 6.54. The van der Waals surface area contributed by atoms with Gasteiger partial charge in [-0.05, 0) is 24.1 Å². The average Bonchev–Trinajstić information content (AvgIpc) is 2.81. The van der Waals surface area contributed by atoms with Gasteiger partial charge in [-0.1, -0.05) is 37.3 Å². The fraction of sp³-hybridized carbons (Fsp3) is 0.350. The van der Waals surface area contributed by atoms with Crippen LogP contribution in [0.1, 0.15) is 35.7 Å². The lowest BCUT2D eigenvalue weighted by molar-refractivity contribution is -0.133. The fourth-order valence-corrected chi connectivity index (χ4v) is 3.32. The Labute approximate surface area is 153 Å². The molecule has 1 saturated heterocycles. The lowest BCUT2D eigenvalue weighted by atomic mass is 10.1. The van der Waals surface area contributed by atoms with E-state index in [2.05, 4.69) is 4.98 Å². The van der Waals surface area contributed by atoms with Crippen LogP contribution in [0.4, 0.5) is 5.82 Å². The number of amides is 2. The predicted molar refractivity (Wildman–Crippen MR) is 100 cm³/mol. The van der Waals surface area contributed by atoms with Gasteiger partial charge in [0.1, 0.15) is 5.82 Å². The molecule has 136 valence electrons. The van der Waals surface area contributed by atoms with Crippen LogP contribution in [0.25, 0.3) is 0 Å². The number of nitrogens with zero attached hydrogens (tertiary/aromatic N) is 3. The third-order valence-corrected chi connectivity index (χ3v) is 4.77. The molecule has 1 aromatic carbocycles. The standard InChI is InChI=1S/C20H24N4O2/c1-2-17-14-23(20(26)16-8-10-22-18(21)12-16)11-9-19(25)24(17)13-15-6-4-3-5-7-15/h3-8,10,12,17H,2,9,11,13-14H2,1H3,(H2,21,22)/t17-/m1/s1. The molecule has 0 aliphatic carbocycles. The van der Waals surface area contributed by atoms with E-state index in [1.165, 1.54) is 6.20 Å². The van der Waals surface area contributed by atoms with Gasteiger partial charge in [-0.15, -0.1) is 0 Å². The maximum atomic E-state index is 12.9. The molecule has 1 atom stereocenters. The van der Waals surface area contributed by atoms with Crippen molar-refractivity contribution in [1.82, 2.24) is 14.8 Å². The van der Waals surface area contributed by atoms with Gasteiger partial charge in [0.2, 0.25) is 5.91 Å². The Morgan fingerprint density at radius 2 is 2.04 bits per heavy atom. The molecule has 2 amide bonds. The number of rotatable bonds is 4. The van der Waals surface area contributed by atoms with Gasteiger partial charge in [-0.3, -0.25) is 9.59 Å². The largest absolute Gasteiger partial charge is 0.384 e. The van der Waals surface area contributed by atoms with Crippen molar-refractivity contribution in [2.24, 2.45) is 0 Å². The number of pyridine rings is 1. The molecule has 0 saturated carbocycles. The smallest absolute Gasteiger partial charge is 0.254 e. The number of aromatic nitrogens is 1. The van der Waals surface area contributed by atoms with Crippen molar-refractivity contribution >= 4 is 17.6 Å². The molecule has 0 bridgehead atoms. The minimum Gasteiger partial charge on any atom is -0.384 e. The highest BCUT2D eigenvalue weighted by atomic mass is 16.2. The summed E-state index contributed by atoms with van der Waals surface area (Å²) in [5.41, 5.74) is 7.30. The van der Waals surface area contributed by atoms with Crippen molar-refractivity contribution in [3.63, 3.8) is 0 Å². The molecule has 0 unspecified atom stereocenters. The molecule has 2 heterocycles. The first-order chi connectivity index (χ1) is 12.6. The van der Waals surface area contributed by atoms with Crippen molar-refractivity contribution in [3.05, 3.63) is 59.8 Å². The van der Waals surface area contributed by atoms with E-state index in [0.717, 1.165) is 12.0 Å².